The molecule has 1 N–H and O–H groups in total. The summed E-state index contributed by atoms with van der Waals surface area (Å²) in [6.07, 6.45) is 3.08. The number of amides is 1. The minimum atomic E-state index is -0.436. The number of hydrogen-bond donors (Lipinski definition) is 1. The van der Waals surface area contributed by atoms with Gasteiger partial charge in [0.15, 0.2) is 0 Å². The Balaban J connectivity index is 1.91. The van der Waals surface area contributed by atoms with Gasteiger partial charge in [0.25, 0.3) is 0 Å². The van der Waals surface area contributed by atoms with Crippen LogP contribution in [0.5, 0.6) is 0 Å². The molecule has 2 rings (SSSR count). The second kappa shape index (κ2) is 8.19. The van der Waals surface area contributed by atoms with E-state index in [1.165, 1.54) is 4.88 Å². The van der Waals surface area contributed by atoms with Crippen LogP contribution in [-0.2, 0) is 11.3 Å². The van der Waals surface area contributed by atoms with Crippen molar-refractivity contribution in [1.29, 1.82) is 0 Å². The number of thiophene rings is 1. The zero-order valence-corrected chi connectivity index (χ0v) is 17.6. The van der Waals surface area contributed by atoms with Gasteiger partial charge in [-0.1, -0.05) is 6.92 Å². The molecule has 1 unspecified atom stereocenters. The SMILES string of the molecule is CCC1(CNCc2cc(Br)cs2)CCCN(C(=O)OC(C)(C)C)C1. The number of halogens is 1. The summed E-state index contributed by atoms with van der Waals surface area (Å²) >= 11 is 5.26. The van der Waals surface area contributed by atoms with E-state index in [4.69, 9.17) is 4.74 Å². The quantitative estimate of drug-likeness (QED) is 0.731. The van der Waals surface area contributed by atoms with Crippen LogP contribution in [0.15, 0.2) is 15.9 Å². The molecule has 1 amide bonds. The number of rotatable bonds is 5. The molecule has 4 nitrogen and oxygen atoms in total. The summed E-state index contributed by atoms with van der Waals surface area (Å²) in [4.78, 5) is 15.6. The van der Waals surface area contributed by atoms with Crippen LogP contribution >= 0.6 is 27.3 Å². The molecule has 1 atom stereocenters. The molecule has 0 aliphatic carbocycles. The maximum absolute atomic E-state index is 12.4. The molecule has 1 saturated heterocycles. The zero-order valence-electron chi connectivity index (χ0n) is 15.2. The van der Waals surface area contributed by atoms with Crippen LogP contribution in [0, 0.1) is 5.41 Å². The van der Waals surface area contributed by atoms with Crippen molar-refractivity contribution in [3.8, 4) is 0 Å². The summed E-state index contributed by atoms with van der Waals surface area (Å²) in [5, 5.41) is 5.70. The summed E-state index contributed by atoms with van der Waals surface area (Å²) < 4.78 is 6.70. The van der Waals surface area contributed by atoms with Gasteiger partial charge in [-0.05, 0) is 62.0 Å². The van der Waals surface area contributed by atoms with Gasteiger partial charge < -0.3 is 15.0 Å². The maximum atomic E-state index is 12.4. The fourth-order valence-corrected chi connectivity index (χ4v) is 4.57. The average Bonchev–Trinajstić information content (AvgIpc) is 2.91. The van der Waals surface area contributed by atoms with Gasteiger partial charge in [-0.15, -0.1) is 11.3 Å². The standard InChI is InChI=1S/C18H29BrN2O2S/c1-5-18(12-20-10-15-9-14(19)11-24-15)7-6-8-21(13-18)16(22)23-17(2,3)4/h9,11,20H,5-8,10,12-13H2,1-4H3. The highest BCUT2D eigenvalue weighted by atomic mass is 79.9. The minimum absolute atomic E-state index is 0.143. The number of likely N-dealkylation sites (tertiary alicyclic amines) is 1. The van der Waals surface area contributed by atoms with E-state index in [1.54, 1.807) is 11.3 Å². The van der Waals surface area contributed by atoms with E-state index >= 15 is 0 Å². The van der Waals surface area contributed by atoms with E-state index in [1.807, 2.05) is 25.7 Å². The monoisotopic (exact) mass is 416 g/mol. The summed E-state index contributed by atoms with van der Waals surface area (Å²) in [7, 11) is 0. The lowest BCUT2D eigenvalue weighted by Gasteiger charge is -2.42. The number of carbonyl (C=O) groups excluding carboxylic acids is 1. The molecule has 1 fully saturated rings. The smallest absolute Gasteiger partial charge is 0.410 e. The van der Waals surface area contributed by atoms with Crippen molar-refractivity contribution in [2.75, 3.05) is 19.6 Å². The molecule has 1 aliphatic heterocycles. The highest BCUT2D eigenvalue weighted by Crippen LogP contribution is 2.33. The average molecular weight is 417 g/mol. The van der Waals surface area contributed by atoms with Gasteiger partial charge in [0.2, 0.25) is 0 Å². The van der Waals surface area contributed by atoms with Crippen LogP contribution in [0.4, 0.5) is 4.79 Å². The number of ether oxygens (including phenoxy) is 1. The molecule has 0 aromatic carbocycles. The Morgan fingerprint density at radius 2 is 2.25 bits per heavy atom. The molecule has 0 radical (unpaired) electrons. The molecule has 0 saturated carbocycles. The third-order valence-corrected chi connectivity index (χ3v) is 6.18. The Morgan fingerprint density at radius 1 is 1.50 bits per heavy atom. The number of nitrogens with one attached hydrogen (secondary N) is 1. The van der Waals surface area contributed by atoms with E-state index in [-0.39, 0.29) is 11.5 Å². The second-order valence-corrected chi connectivity index (χ2v) is 9.61. The molecule has 6 heteroatoms. The van der Waals surface area contributed by atoms with Crippen LogP contribution in [0.2, 0.25) is 0 Å². The Hall–Kier alpha value is -0.590. The molecule has 136 valence electrons. The first-order valence-electron chi connectivity index (χ1n) is 8.65. The molecule has 1 aromatic rings. The lowest BCUT2D eigenvalue weighted by molar-refractivity contribution is 0.00333. The highest BCUT2D eigenvalue weighted by molar-refractivity contribution is 9.10. The van der Waals surface area contributed by atoms with Crippen LogP contribution < -0.4 is 5.32 Å². The Bertz CT molecular complexity index is 555. The molecular formula is C18H29BrN2O2S. The van der Waals surface area contributed by atoms with Crippen molar-refractivity contribution < 1.29 is 9.53 Å². The van der Waals surface area contributed by atoms with Gasteiger partial charge in [-0.25, -0.2) is 4.79 Å². The topological polar surface area (TPSA) is 41.6 Å². The molecule has 24 heavy (non-hydrogen) atoms. The number of nitrogens with zero attached hydrogens (tertiary/aromatic N) is 1. The highest BCUT2D eigenvalue weighted by Gasteiger charge is 2.36. The van der Waals surface area contributed by atoms with Crippen LogP contribution in [0.25, 0.3) is 0 Å². The second-order valence-electron chi connectivity index (χ2n) is 7.69. The van der Waals surface area contributed by atoms with Crippen LogP contribution in [0.1, 0.15) is 51.8 Å². The third kappa shape index (κ3) is 5.74. The first-order chi connectivity index (χ1) is 11.2. The van der Waals surface area contributed by atoms with Gasteiger partial charge >= 0.3 is 6.09 Å². The summed E-state index contributed by atoms with van der Waals surface area (Å²) in [5.41, 5.74) is -0.294. The van der Waals surface area contributed by atoms with E-state index < -0.39 is 5.60 Å². The lowest BCUT2D eigenvalue weighted by atomic mass is 9.77. The first-order valence-corrected chi connectivity index (χ1v) is 10.3. The molecule has 1 aromatic heterocycles. The molecular weight excluding hydrogens is 388 g/mol. The number of piperidine rings is 1. The molecule has 2 heterocycles. The molecule has 0 spiro atoms. The normalized spacial score (nSPS) is 21.8. The van der Waals surface area contributed by atoms with E-state index in [2.05, 4.69) is 39.6 Å². The summed E-state index contributed by atoms with van der Waals surface area (Å²) in [6.45, 7) is 11.4. The zero-order chi connectivity index (χ0) is 17.8. The van der Waals surface area contributed by atoms with Crippen LogP contribution in [0.3, 0.4) is 0 Å². The number of hydrogen-bond acceptors (Lipinski definition) is 4. The van der Waals surface area contributed by atoms with Crippen molar-refractivity contribution in [2.45, 2.75) is 59.1 Å². The maximum Gasteiger partial charge on any atom is 0.410 e. The van der Waals surface area contributed by atoms with Crippen molar-refractivity contribution in [1.82, 2.24) is 10.2 Å². The Labute approximate surface area is 158 Å². The summed E-state index contributed by atoms with van der Waals surface area (Å²) in [6, 6.07) is 2.16. The fourth-order valence-electron chi connectivity index (χ4n) is 3.15. The van der Waals surface area contributed by atoms with Gasteiger partial charge in [-0.2, -0.15) is 0 Å². The van der Waals surface area contributed by atoms with E-state index in [9.17, 15) is 4.79 Å². The summed E-state index contributed by atoms with van der Waals surface area (Å²) in [5.74, 6) is 0. The minimum Gasteiger partial charge on any atom is -0.444 e. The van der Waals surface area contributed by atoms with E-state index in [0.29, 0.717) is 0 Å². The van der Waals surface area contributed by atoms with Gasteiger partial charge in [0.1, 0.15) is 5.60 Å². The predicted molar refractivity (Wildman–Crippen MR) is 103 cm³/mol. The van der Waals surface area contributed by atoms with Gasteiger partial charge in [-0.3, -0.25) is 0 Å². The first kappa shape index (κ1) is 19.7. The Morgan fingerprint density at radius 3 is 2.83 bits per heavy atom. The van der Waals surface area contributed by atoms with E-state index in [0.717, 1.165) is 49.9 Å². The third-order valence-electron chi connectivity index (χ3n) is 4.48. The largest absolute Gasteiger partial charge is 0.444 e. The fraction of sp³-hybridized carbons (Fsp3) is 0.722. The van der Waals surface area contributed by atoms with Crippen molar-refractivity contribution in [3.63, 3.8) is 0 Å². The number of carbonyl (C=O) groups is 1. The van der Waals surface area contributed by atoms with Crippen molar-refractivity contribution >= 4 is 33.4 Å². The van der Waals surface area contributed by atoms with Crippen LogP contribution in [-0.4, -0.2) is 36.2 Å². The Kier molecular flexibility index (Phi) is 6.74. The van der Waals surface area contributed by atoms with Crippen molar-refractivity contribution in [2.24, 2.45) is 5.41 Å². The van der Waals surface area contributed by atoms with Gasteiger partial charge in [0, 0.05) is 46.3 Å². The predicted octanol–water partition coefficient (Wildman–Crippen LogP) is 5.03. The lowest BCUT2D eigenvalue weighted by Crippen LogP contribution is -2.51. The molecule has 1 aliphatic rings. The molecule has 0 bridgehead atoms. The van der Waals surface area contributed by atoms with Crippen molar-refractivity contribution in [3.05, 3.63) is 20.8 Å². The van der Waals surface area contributed by atoms with Gasteiger partial charge in [0.05, 0.1) is 0 Å².